The van der Waals surface area contributed by atoms with E-state index in [0.29, 0.717) is 0 Å². The second kappa shape index (κ2) is 9.51. The predicted molar refractivity (Wildman–Crippen MR) is 84.7 cm³/mol. The summed E-state index contributed by atoms with van der Waals surface area (Å²) in [6.07, 6.45) is 3.97. The van der Waals surface area contributed by atoms with Crippen LogP contribution in [0.2, 0.25) is 0 Å². The van der Waals surface area contributed by atoms with Gasteiger partial charge in [0, 0.05) is 19.1 Å². The summed E-state index contributed by atoms with van der Waals surface area (Å²) in [4.78, 5) is 5.01. The van der Waals surface area contributed by atoms with Gasteiger partial charge in [-0.3, -0.25) is 4.90 Å². The van der Waals surface area contributed by atoms with E-state index in [1.54, 1.807) is 0 Å². The van der Waals surface area contributed by atoms with Gasteiger partial charge < -0.3 is 10.2 Å². The van der Waals surface area contributed by atoms with Crippen LogP contribution >= 0.6 is 0 Å². The Morgan fingerprint density at radius 2 is 1.63 bits per heavy atom. The van der Waals surface area contributed by atoms with Gasteiger partial charge in [-0.05, 0) is 57.6 Å². The SMILES string of the molecule is C=C(CNC1CC1)CN(CC)CCCN(CC)CC. The summed E-state index contributed by atoms with van der Waals surface area (Å²) in [5, 5.41) is 3.54. The van der Waals surface area contributed by atoms with Gasteiger partial charge in [-0.15, -0.1) is 0 Å². The molecule has 1 N–H and O–H groups in total. The smallest absolute Gasteiger partial charge is 0.0202 e. The van der Waals surface area contributed by atoms with Crippen molar-refractivity contribution in [2.45, 2.75) is 46.1 Å². The highest BCUT2D eigenvalue weighted by Gasteiger charge is 2.20. The maximum atomic E-state index is 4.20. The van der Waals surface area contributed by atoms with E-state index in [9.17, 15) is 0 Å². The first-order valence-electron chi connectivity index (χ1n) is 8.04. The first-order valence-corrected chi connectivity index (χ1v) is 8.04. The molecule has 1 fully saturated rings. The van der Waals surface area contributed by atoms with Crippen molar-refractivity contribution in [2.75, 3.05) is 45.8 Å². The molecule has 0 radical (unpaired) electrons. The van der Waals surface area contributed by atoms with Crippen LogP contribution < -0.4 is 5.32 Å². The molecular formula is C16H33N3. The molecule has 1 aliphatic carbocycles. The van der Waals surface area contributed by atoms with Gasteiger partial charge in [0.1, 0.15) is 0 Å². The van der Waals surface area contributed by atoms with E-state index in [4.69, 9.17) is 0 Å². The van der Waals surface area contributed by atoms with Gasteiger partial charge in [0.25, 0.3) is 0 Å². The molecule has 0 aliphatic heterocycles. The molecule has 0 aromatic rings. The van der Waals surface area contributed by atoms with Gasteiger partial charge in [0.05, 0.1) is 0 Å². The lowest BCUT2D eigenvalue weighted by Gasteiger charge is -2.24. The Bertz CT molecular complexity index is 244. The van der Waals surface area contributed by atoms with Crippen LogP contribution in [0.3, 0.4) is 0 Å². The molecule has 0 aromatic heterocycles. The third kappa shape index (κ3) is 7.71. The average Bonchev–Trinajstić information content (AvgIpc) is 3.24. The molecule has 0 aromatic carbocycles. The standard InChI is InChI=1S/C16H33N3/c1-5-18(6-2)11-8-12-19(7-3)14-15(4)13-17-16-9-10-16/h16-17H,4-14H2,1-3H3. The van der Waals surface area contributed by atoms with Crippen molar-refractivity contribution in [1.82, 2.24) is 15.1 Å². The number of likely N-dealkylation sites (N-methyl/N-ethyl adjacent to an activating group) is 1. The highest BCUT2D eigenvalue weighted by atomic mass is 15.1. The lowest BCUT2D eigenvalue weighted by molar-refractivity contribution is 0.253. The monoisotopic (exact) mass is 267 g/mol. The van der Waals surface area contributed by atoms with Gasteiger partial charge in [0.2, 0.25) is 0 Å². The number of rotatable bonds is 12. The van der Waals surface area contributed by atoms with Crippen LogP contribution in [0.5, 0.6) is 0 Å². The zero-order chi connectivity index (χ0) is 14.1. The summed E-state index contributed by atoms with van der Waals surface area (Å²) in [5.41, 5.74) is 1.33. The Morgan fingerprint density at radius 1 is 1.05 bits per heavy atom. The number of hydrogen-bond acceptors (Lipinski definition) is 3. The highest BCUT2D eigenvalue weighted by molar-refractivity contribution is 5.01. The molecule has 0 unspecified atom stereocenters. The van der Waals surface area contributed by atoms with Crippen LogP contribution in [-0.4, -0.2) is 61.7 Å². The van der Waals surface area contributed by atoms with E-state index in [0.717, 1.165) is 25.7 Å². The average molecular weight is 267 g/mol. The maximum Gasteiger partial charge on any atom is 0.0202 e. The third-order valence-electron chi connectivity index (χ3n) is 3.96. The van der Waals surface area contributed by atoms with Crippen LogP contribution in [-0.2, 0) is 0 Å². The molecular weight excluding hydrogens is 234 g/mol. The quantitative estimate of drug-likeness (QED) is 0.548. The van der Waals surface area contributed by atoms with E-state index in [2.05, 4.69) is 42.5 Å². The molecule has 112 valence electrons. The van der Waals surface area contributed by atoms with Gasteiger partial charge >= 0.3 is 0 Å². The largest absolute Gasteiger partial charge is 0.310 e. The summed E-state index contributed by atoms with van der Waals surface area (Å²) in [7, 11) is 0. The first-order chi connectivity index (χ1) is 9.19. The molecule has 1 saturated carbocycles. The van der Waals surface area contributed by atoms with Crippen molar-refractivity contribution in [3.63, 3.8) is 0 Å². The lowest BCUT2D eigenvalue weighted by Crippen LogP contribution is -2.33. The highest BCUT2D eigenvalue weighted by Crippen LogP contribution is 2.18. The summed E-state index contributed by atoms with van der Waals surface area (Å²) in [5.74, 6) is 0. The van der Waals surface area contributed by atoms with Crippen molar-refractivity contribution < 1.29 is 0 Å². The molecule has 1 aliphatic rings. The van der Waals surface area contributed by atoms with Crippen LogP contribution in [0.15, 0.2) is 12.2 Å². The number of nitrogens with zero attached hydrogens (tertiary/aromatic N) is 2. The van der Waals surface area contributed by atoms with E-state index >= 15 is 0 Å². The fourth-order valence-electron chi connectivity index (χ4n) is 2.35. The van der Waals surface area contributed by atoms with Crippen molar-refractivity contribution in [1.29, 1.82) is 0 Å². The summed E-state index contributed by atoms with van der Waals surface area (Å²) in [6.45, 7) is 18.9. The van der Waals surface area contributed by atoms with Crippen LogP contribution in [0.1, 0.15) is 40.0 Å². The van der Waals surface area contributed by atoms with Gasteiger partial charge in [-0.1, -0.05) is 27.4 Å². The first kappa shape index (κ1) is 16.7. The summed E-state index contributed by atoms with van der Waals surface area (Å²) < 4.78 is 0. The Morgan fingerprint density at radius 3 is 2.16 bits per heavy atom. The minimum atomic E-state index is 0.787. The van der Waals surface area contributed by atoms with Crippen molar-refractivity contribution in [2.24, 2.45) is 0 Å². The van der Waals surface area contributed by atoms with Crippen molar-refractivity contribution in [3.8, 4) is 0 Å². The minimum Gasteiger partial charge on any atom is -0.310 e. The topological polar surface area (TPSA) is 18.5 Å². The number of nitrogens with one attached hydrogen (secondary N) is 1. The fraction of sp³-hybridized carbons (Fsp3) is 0.875. The van der Waals surface area contributed by atoms with E-state index in [1.807, 2.05) is 0 Å². The van der Waals surface area contributed by atoms with E-state index < -0.39 is 0 Å². The molecule has 0 saturated heterocycles. The fourth-order valence-corrected chi connectivity index (χ4v) is 2.35. The van der Waals surface area contributed by atoms with Crippen LogP contribution in [0.4, 0.5) is 0 Å². The second-order valence-corrected chi connectivity index (χ2v) is 5.65. The predicted octanol–water partition coefficient (Wildman–Crippen LogP) is 2.35. The zero-order valence-corrected chi connectivity index (χ0v) is 13.2. The third-order valence-corrected chi connectivity index (χ3v) is 3.96. The second-order valence-electron chi connectivity index (χ2n) is 5.65. The molecule has 0 bridgehead atoms. The molecule has 19 heavy (non-hydrogen) atoms. The molecule has 0 atom stereocenters. The Hall–Kier alpha value is -0.380. The van der Waals surface area contributed by atoms with Gasteiger partial charge in [0.15, 0.2) is 0 Å². The van der Waals surface area contributed by atoms with E-state index in [-0.39, 0.29) is 0 Å². The molecule has 3 heteroatoms. The Balaban J connectivity index is 2.11. The van der Waals surface area contributed by atoms with Crippen LogP contribution in [0, 0.1) is 0 Å². The Kier molecular flexibility index (Phi) is 8.35. The lowest BCUT2D eigenvalue weighted by atomic mass is 10.2. The molecule has 1 rings (SSSR count). The minimum absolute atomic E-state index is 0.787. The van der Waals surface area contributed by atoms with E-state index in [1.165, 1.54) is 51.0 Å². The molecule has 0 amide bonds. The number of hydrogen-bond donors (Lipinski definition) is 1. The van der Waals surface area contributed by atoms with Crippen molar-refractivity contribution in [3.05, 3.63) is 12.2 Å². The summed E-state index contributed by atoms with van der Waals surface area (Å²) >= 11 is 0. The normalized spacial score (nSPS) is 15.4. The van der Waals surface area contributed by atoms with Gasteiger partial charge in [-0.25, -0.2) is 0 Å². The molecule has 0 spiro atoms. The van der Waals surface area contributed by atoms with Crippen LogP contribution in [0.25, 0.3) is 0 Å². The van der Waals surface area contributed by atoms with Gasteiger partial charge in [-0.2, -0.15) is 0 Å². The summed E-state index contributed by atoms with van der Waals surface area (Å²) in [6, 6.07) is 0.787. The maximum absolute atomic E-state index is 4.20. The zero-order valence-electron chi connectivity index (χ0n) is 13.2. The molecule has 0 heterocycles. The Labute approximate surface area is 120 Å². The molecule has 3 nitrogen and oxygen atoms in total. The van der Waals surface area contributed by atoms with Crippen molar-refractivity contribution >= 4 is 0 Å².